The number of nitrogens with zero attached hydrogens (tertiary/aromatic N) is 2. The van der Waals surface area contributed by atoms with Crippen LogP contribution in [0.3, 0.4) is 0 Å². The van der Waals surface area contributed by atoms with Gasteiger partial charge in [-0.2, -0.15) is 13.2 Å². The van der Waals surface area contributed by atoms with Crippen molar-refractivity contribution in [1.82, 2.24) is 9.55 Å². The second-order valence-corrected chi connectivity index (χ2v) is 6.83. The Bertz CT molecular complexity index is 1160. The Labute approximate surface area is 172 Å². The van der Waals surface area contributed by atoms with Gasteiger partial charge in [0.2, 0.25) is 0 Å². The van der Waals surface area contributed by atoms with Crippen LogP contribution in [-0.4, -0.2) is 9.55 Å². The van der Waals surface area contributed by atoms with Crippen molar-refractivity contribution in [3.63, 3.8) is 0 Å². The molecule has 7 heteroatoms. The lowest BCUT2D eigenvalue weighted by Gasteiger charge is -2.21. The molecule has 0 bridgehead atoms. The lowest BCUT2D eigenvalue weighted by molar-refractivity contribution is -0.136. The average molecular weight is 413 g/mol. The summed E-state index contributed by atoms with van der Waals surface area (Å²) in [4.78, 5) is 17.1. The minimum absolute atomic E-state index is 0.0658. The zero-order chi connectivity index (χ0) is 21.9. The highest BCUT2D eigenvalue weighted by atomic mass is 19.4. The van der Waals surface area contributed by atoms with Crippen LogP contribution in [0.4, 0.5) is 19.0 Å². The summed E-state index contributed by atoms with van der Waals surface area (Å²) in [6, 6.07) is 2.08. The third-order valence-electron chi connectivity index (χ3n) is 4.55. The summed E-state index contributed by atoms with van der Waals surface area (Å²) in [5, 5.41) is 2.70. The maximum Gasteiger partial charge on any atom is 0.417 e. The molecule has 0 unspecified atom stereocenters. The monoisotopic (exact) mass is 413 g/mol. The van der Waals surface area contributed by atoms with E-state index in [4.69, 9.17) is 0 Å². The van der Waals surface area contributed by atoms with E-state index >= 15 is 0 Å². The van der Waals surface area contributed by atoms with Crippen molar-refractivity contribution in [3.8, 4) is 0 Å². The Hall–Kier alpha value is -3.35. The number of aryl methyl sites for hydroxylation is 1. The molecule has 0 spiro atoms. The maximum atomic E-state index is 13.7. The number of aromatic nitrogens is 2. The highest BCUT2D eigenvalue weighted by molar-refractivity contribution is 5.87. The van der Waals surface area contributed by atoms with Crippen LogP contribution in [0, 0.1) is 6.92 Å². The van der Waals surface area contributed by atoms with Crippen LogP contribution in [0.1, 0.15) is 31.0 Å². The van der Waals surface area contributed by atoms with Crippen LogP contribution < -0.4 is 10.7 Å². The van der Waals surface area contributed by atoms with E-state index in [-0.39, 0.29) is 11.3 Å². The summed E-state index contributed by atoms with van der Waals surface area (Å²) in [6.45, 7) is 6.96. The molecule has 2 aromatic rings. The molecule has 0 saturated heterocycles. The van der Waals surface area contributed by atoms with Crippen molar-refractivity contribution >= 4 is 22.5 Å². The fraction of sp³-hybridized carbons (Fsp3) is 0.217. The molecule has 0 aliphatic heterocycles. The van der Waals surface area contributed by atoms with E-state index in [1.54, 1.807) is 25.2 Å². The molecule has 0 saturated carbocycles. The summed E-state index contributed by atoms with van der Waals surface area (Å²) in [5.41, 5.74) is -0.366. The van der Waals surface area contributed by atoms with E-state index in [1.807, 2.05) is 18.2 Å². The van der Waals surface area contributed by atoms with Gasteiger partial charge >= 0.3 is 6.18 Å². The number of hydrogen-bond donors (Lipinski definition) is 1. The Morgan fingerprint density at radius 1 is 1.30 bits per heavy atom. The van der Waals surface area contributed by atoms with Crippen molar-refractivity contribution in [2.75, 3.05) is 5.32 Å². The SMILES string of the molecule is C=C/C=C(\C=C/C)n1c(NC2=CCCC=C2)cc(=O)c2c(C(F)(F)F)cc(C)nc21. The minimum atomic E-state index is -4.69. The number of nitrogens with one attached hydrogen (secondary N) is 1. The van der Waals surface area contributed by atoms with Crippen molar-refractivity contribution in [1.29, 1.82) is 0 Å². The molecule has 156 valence electrons. The number of allylic oxidation sites excluding steroid dienone is 8. The van der Waals surface area contributed by atoms with Gasteiger partial charge in [0.1, 0.15) is 5.82 Å². The predicted octanol–water partition coefficient (Wildman–Crippen LogP) is 5.97. The van der Waals surface area contributed by atoms with Gasteiger partial charge in [0.25, 0.3) is 0 Å². The van der Waals surface area contributed by atoms with Gasteiger partial charge in [-0.3, -0.25) is 9.36 Å². The summed E-state index contributed by atoms with van der Waals surface area (Å²) in [5.74, 6) is 0.322. The molecule has 1 aliphatic carbocycles. The van der Waals surface area contributed by atoms with Crippen molar-refractivity contribution in [2.24, 2.45) is 0 Å². The first-order chi connectivity index (χ1) is 14.3. The quantitative estimate of drug-likeness (QED) is 0.614. The summed E-state index contributed by atoms with van der Waals surface area (Å²) < 4.78 is 42.7. The van der Waals surface area contributed by atoms with E-state index in [2.05, 4.69) is 16.9 Å². The van der Waals surface area contributed by atoms with Crippen LogP contribution in [0.5, 0.6) is 0 Å². The van der Waals surface area contributed by atoms with Crippen LogP contribution >= 0.6 is 0 Å². The molecule has 4 nitrogen and oxygen atoms in total. The predicted molar refractivity (Wildman–Crippen MR) is 115 cm³/mol. The highest BCUT2D eigenvalue weighted by Crippen LogP contribution is 2.35. The van der Waals surface area contributed by atoms with Gasteiger partial charge in [0.15, 0.2) is 11.1 Å². The molecule has 1 aliphatic rings. The Kier molecular flexibility index (Phi) is 6.10. The van der Waals surface area contributed by atoms with Crippen LogP contribution in [0.15, 0.2) is 71.7 Å². The van der Waals surface area contributed by atoms with Gasteiger partial charge in [0, 0.05) is 23.2 Å². The maximum absolute atomic E-state index is 13.7. The second kappa shape index (κ2) is 8.57. The topological polar surface area (TPSA) is 46.9 Å². The van der Waals surface area contributed by atoms with Crippen molar-refractivity contribution in [2.45, 2.75) is 32.9 Å². The third-order valence-corrected chi connectivity index (χ3v) is 4.55. The minimum Gasteiger partial charge on any atom is -0.341 e. The normalized spacial score (nSPS) is 15.0. The van der Waals surface area contributed by atoms with Crippen molar-refractivity contribution < 1.29 is 13.2 Å². The number of pyridine rings is 2. The molecule has 30 heavy (non-hydrogen) atoms. The van der Waals surface area contributed by atoms with Gasteiger partial charge < -0.3 is 5.32 Å². The smallest absolute Gasteiger partial charge is 0.341 e. The molecule has 0 amide bonds. The van der Waals surface area contributed by atoms with Crippen LogP contribution in [0.2, 0.25) is 0 Å². The largest absolute Gasteiger partial charge is 0.417 e. The molecule has 0 aromatic carbocycles. The first-order valence-electron chi connectivity index (χ1n) is 9.50. The molecule has 2 aromatic heterocycles. The first kappa shape index (κ1) is 21.4. The van der Waals surface area contributed by atoms with E-state index in [0.717, 1.165) is 24.6 Å². The lowest BCUT2D eigenvalue weighted by atomic mass is 10.1. The number of anilines is 1. The Morgan fingerprint density at radius 2 is 2.07 bits per heavy atom. The molecule has 3 rings (SSSR count). The van der Waals surface area contributed by atoms with E-state index in [9.17, 15) is 18.0 Å². The van der Waals surface area contributed by atoms with E-state index in [1.165, 1.54) is 23.6 Å². The molecular formula is C23H22F3N3O. The Balaban J connectivity index is 2.44. The number of fused-ring (bicyclic) bond motifs is 1. The van der Waals surface area contributed by atoms with Gasteiger partial charge in [-0.1, -0.05) is 30.9 Å². The average Bonchev–Trinajstić information content (AvgIpc) is 2.67. The fourth-order valence-electron chi connectivity index (χ4n) is 3.36. The molecular weight excluding hydrogens is 391 g/mol. The summed E-state index contributed by atoms with van der Waals surface area (Å²) >= 11 is 0. The number of alkyl halides is 3. The number of hydrogen-bond acceptors (Lipinski definition) is 3. The summed E-state index contributed by atoms with van der Waals surface area (Å²) in [6.07, 6.45) is 9.54. The fourth-order valence-corrected chi connectivity index (χ4v) is 3.36. The highest BCUT2D eigenvalue weighted by Gasteiger charge is 2.35. The molecule has 2 heterocycles. The standard InChI is InChI=1S/C23H22F3N3O/c1-4-9-17(10-5-2)29-20(28-16-11-7-6-8-12-16)14-19(30)21-18(23(24,25)26)13-15(3)27-22(21)29/h4-5,7,9-14,28H,1,6,8H2,2-3H3/b10-5-,17-9+. The van der Waals surface area contributed by atoms with Gasteiger partial charge in [-0.25, -0.2) is 4.98 Å². The van der Waals surface area contributed by atoms with Gasteiger partial charge in [-0.15, -0.1) is 0 Å². The van der Waals surface area contributed by atoms with Crippen LogP contribution in [0.25, 0.3) is 16.7 Å². The zero-order valence-electron chi connectivity index (χ0n) is 16.8. The molecule has 1 N–H and O–H groups in total. The van der Waals surface area contributed by atoms with Crippen molar-refractivity contribution in [3.05, 3.63) is 88.4 Å². The first-order valence-corrected chi connectivity index (χ1v) is 9.50. The molecule has 0 radical (unpaired) electrons. The zero-order valence-corrected chi connectivity index (χ0v) is 16.8. The van der Waals surface area contributed by atoms with E-state index < -0.39 is 22.6 Å². The van der Waals surface area contributed by atoms with Crippen LogP contribution in [-0.2, 0) is 6.18 Å². The lowest BCUT2D eigenvalue weighted by Crippen LogP contribution is -2.20. The number of halogens is 3. The molecule has 0 fully saturated rings. The van der Waals surface area contributed by atoms with E-state index in [0.29, 0.717) is 11.5 Å². The van der Waals surface area contributed by atoms with Gasteiger partial charge in [0.05, 0.1) is 10.9 Å². The molecule has 0 atom stereocenters. The second-order valence-electron chi connectivity index (χ2n) is 6.83. The summed E-state index contributed by atoms with van der Waals surface area (Å²) in [7, 11) is 0. The third kappa shape index (κ3) is 4.30. The number of rotatable bonds is 5. The van der Waals surface area contributed by atoms with Gasteiger partial charge in [-0.05, 0) is 51.0 Å². The Morgan fingerprint density at radius 3 is 2.67 bits per heavy atom.